The maximum atomic E-state index is 12.7. The zero-order valence-electron chi connectivity index (χ0n) is 17.9. The molecule has 2 aromatic carbocycles. The average Bonchev–Trinajstić information content (AvgIpc) is 3.03. The average molecular weight is 435 g/mol. The fourth-order valence-electron chi connectivity index (χ4n) is 4.20. The molecule has 1 aliphatic rings. The van der Waals surface area contributed by atoms with Gasteiger partial charge in [0.2, 0.25) is 17.9 Å². The highest BCUT2D eigenvalue weighted by Crippen LogP contribution is 2.39. The molecular weight excluding hydrogens is 410 g/mol. The van der Waals surface area contributed by atoms with Gasteiger partial charge in [-0.25, -0.2) is 4.79 Å². The zero-order chi connectivity index (χ0) is 22.6. The predicted molar refractivity (Wildman–Crippen MR) is 117 cm³/mol. The second-order valence-electron chi connectivity index (χ2n) is 7.43. The van der Waals surface area contributed by atoms with Crippen LogP contribution in [-0.2, 0) is 16.8 Å². The number of benzene rings is 2. The monoisotopic (exact) mass is 435 g/mol. The lowest BCUT2D eigenvalue weighted by molar-refractivity contribution is -0.149. The lowest BCUT2D eigenvalue weighted by atomic mass is 9.76. The highest BCUT2D eigenvalue weighted by Gasteiger charge is 2.50. The summed E-state index contributed by atoms with van der Waals surface area (Å²) in [5.74, 6) is -0.735. The van der Waals surface area contributed by atoms with Crippen LogP contribution in [0, 0.1) is 0 Å². The first-order valence-corrected chi connectivity index (χ1v) is 10.3. The minimum atomic E-state index is -1.37. The van der Waals surface area contributed by atoms with Gasteiger partial charge in [-0.2, -0.15) is 9.97 Å². The maximum Gasteiger partial charge on any atom is 0.347 e. The van der Waals surface area contributed by atoms with Crippen LogP contribution < -0.4 is 19.5 Å². The number of hydrogen-bond acceptors (Lipinski definition) is 7. The van der Waals surface area contributed by atoms with E-state index in [1.54, 1.807) is 0 Å². The highest BCUT2D eigenvalue weighted by atomic mass is 16.5. The van der Waals surface area contributed by atoms with Crippen molar-refractivity contribution in [2.24, 2.45) is 0 Å². The molecule has 0 bridgehead atoms. The van der Waals surface area contributed by atoms with E-state index < -0.39 is 17.6 Å². The van der Waals surface area contributed by atoms with Gasteiger partial charge >= 0.3 is 12.0 Å². The number of fused-ring (bicyclic) bond motifs is 1. The fourth-order valence-corrected chi connectivity index (χ4v) is 4.20. The molecule has 32 heavy (non-hydrogen) atoms. The Morgan fingerprint density at radius 1 is 1.03 bits per heavy atom. The van der Waals surface area contributed by atoms with E-state index in [4.69, 9.17) is 14.2 Å². The van der Waals surface area contributed by atoms with Crippen molar-refractivity contribution in [3.63, 3.8) is 0 Å². The quantitative estimate of drug-likeness (QED) is 0.584. The van der Waals surface area contributed by atoms with Gasteiger partial charge < -0.3 is 24.6 Å². The van der Waals surface area contributed by atoms with Crippen molar-refractivity contribution in [1.82, 2.24) is 15.3 Å². The third-order valence-corrected chi connectivity index (χ3v) is 5.62. The normalized spacial score (nSPS) is 18.7. The van der Waals surface area contributed by atoms with Crippen molar-refractivity contribution in [1.29, 1.82) is 0 Å². The van der Waals surface area contributed by atoms with E-state index >= 15 is 0 Å². The molecule has 0 aliphatic carbocycles. The van der Waals surface area contributed by atoms with Crippen molar-refractivity contribution < 1.29 is 24.1 Å². The van der Waals surface area contributed by atoms with Gasteiger partial charge in [0.25, 0.3) is 0 Å². The number of carboxylic acids is 1. The van der Waals surface area contributed by atoms with Crippen LogP contribution in [0.4, 0.5) is 0 Å². The number of methoxy groups -OCH3 is 2. The van der Waals surface area contributed by atoms with Crippen molar-refractivity contribution in [3.05, 3.63) is 77.4 Å². The topological polar surface area (TPSA) is 103 Å². The van der Waals surface area contributed by atoms with Crippen molar-refractivity contribution in [3.8, 4) is 17.8 Å². The molecule has 8 heteroatoms. The summed E-state index contributed by atoms with van der Waals surface area (Å²) >= 11 is 0. The summed E-state index contributed by atoms with van der Waals surface area (Å²) in [5.41, 5.74) is 1.53. The lowest BCUT2D eigenvalue weighted by Crippen LogP contribution is -2.58. The molecule has 0 spiro atoms. The molecule has 2 atom stereocenters. The molecule has 0 amide bonds. The van der Waals surface area contributed by atoms with Gasteiger partial charge in [-0.3, -0.25) is 0 Å². The van der Waals surface area contributed by atoms with E-state index in [9.17, 15) is 9.90 Å². The second-order valence-corrected chi connectivity index (χ2v) is 7.43. The fraction of sp³-hybridized carbons (Fsp3) is 0.292. The Kier molecular flexibility index (Phi) is 6.23. The first-order chi connectivity index (χ1) is 15.6. The molecule has 2 unspecified atom stereocenters. The Labute approximate surface area is 186 Å². The summed E-state index contributed by atoms with van der Waals surface area (Å²) in [7, 11) is 2.91. The van der Waals surface area contributed by atoms with Crippen LogP contribution in [-0.4, -0.2) is 47.9 Å². The van der Waals surface area contributed by atoms with Gasteiger partial charge in [0.05, 0.1) is 20.3 Å². The van der Waals surface area contributed by atoms with Gasteiger partial charge in [0.1, 0.15) is 5.54 Å². The summed E-state index contributed by atoms with van der Waals surface area (Å²) in [4.78, 5) is 21.1. The molecule has 0 saturated carbocycles. The molecule has 8 nitrogen and oxygen atoms in total. The summed E-state index contributed by atoms with van der Waals surface area (Å²) < 4.78 is 16.4. The molecule has 2 heterocycles. The molecule has 166 valence electrons. The molecule has 3 aromatic rings. The SMILES string of the molecule is COc1cc(OC)nc(OC(C(=O)O)C2(c3ccccc3)NCCCc3ccccc32)n1. The largest absolute Gasteiger partial charge is 0.481 e. The first kappa shape index (κ1) is 21.6. The molecule has 2 N–H and O–H groups in total. The van der Waals surface area contributed by atoms with Gasteiger partial charge in [0, 0.05) is 0 Å². The number of nitrogens with zero attached hydrogens (tertiary/aromatic N) is 2. The van der Waals surface area contributed by atoms with Crippen molar-refractivity contribution in [2.75, 3.05) is 20.8 Å². The molecular formula is C24H25N3O5. The minimum Gasteiger partial charge on any atom is -0.481 e. The number of aliphatic carboxylic acids is 1. The minimum absolute atomic E-state index is 0.146. The van der Waals surface area contributed by atoms with Crippen LogP contribution in [0.1, 0.15) is 23.1 Å². The van der Waals surface area contributed by atoms with Crippen LogP contribution >= 0.6 is 0 Å². The molecule has 1 aliphatic heterocycles. The zero-order valence-corrected chi connectivity index (χ0v) is 17.9. The van der Waals surface area contributed by atoms with Crippen LogP contribution in [0.3, 0.4) is 0 Å². The summed E-state index contributed by atoms with van der Waals surface area (Å²) in [5, 5.41) is 13.9. The summed E-state index contributed by atoms with van der Waals surface area (Å²) in [6.45, 7) is 0.610. The Morgan fingerprint density at radius 2 is 1.69 bits per heavy atom. The van der Waals surface area contributed by atoms with E-state index in [-0.39, 0.29) is 17.8 Å². The van der Waals surface area contributed by atoms with E-state index in [1.807, 2.05) is 54.6 Å². The number of carboxylic acid groups (broad SMARTS) is 1. The van der Waals surface area contributed by atoms with E-state index in [0.717, 1.165) is 29.5 Å². The third kappa shape index (κ3) is 3.97. The van der Waals surface area contributed by atoms with E-state index in [0.29, 0.717) is 6.54 Å². The van der Waals surface area contributed by atoms with E-state index in [1.165, 1.54) is 20.3 Å². The van der Waals surface area contributed by atoms with Crippen LogP contribution in [0.5, 0.6) is 17.8 Å². The molecule has 0 fully saturated rings. The van der Waals surface area contributed by atoms with Gasteiger partial charge in [0.15, 0.2) is 0 Å². The number of aromatic nitrogens is 2. The Balaban J connectivity index is 1.91. The molecule has 0 saturated heterocycles. The van der Waals surface area contributed by atoms with Crippen LogP contribution in [0.15, 0.2) is 60.7 Å². The Morgan fingerprint density at radius 3 is 2.34 bits per heavy atom. The predicted octanol–water partition coefficient (Wildman–Crippen LogP) is 2.81. The summed E-state index contributed by atoms with van der Waals surface area (Å²) in [6, 6.07) is 18.7. The third-order valence-electron chi connectivity index (χ3n) is 5.62. The van der Waals surface area contributed by atoms with Crippen molar-refractivity contribution >= 4 is 5.97 Å². The summed E-state index contributed by atoms with van der Waals surface area (Å²) in [6.07, 6.45) is 0.315. The maximum absolute atomic E-state index is 12.7. The van der Waals surface area contributed by atoms with Gasteiger partial charge in [-0.1, -0.05) is 54.6 Å². The van der Waals surface area contributed by atoms with E-state index in [2.05, 4.69) is 15.3 Å². The van der Waals surface area contributed by atoms with Gasteiger partial charge in [-0.15, -0.1) is 0 Å². The number of nitrogens with one attached hydrogen (secondary N) is 1. The Bertz CT molecular complexity index is 1070. The lowest BCUT2D eigenvalue weighted by Gasteiger charge is -2.40. The smallest absolute Gasteiger partial charge is 0.347 e. The molecule has 4 rings (SSSR count). The second kappa shape index (κ2) is 9.23. The standard InChI is InChI=1S/C24H25N3O5/c1-30-19-15-20(31-2)27-23(26-19)32-21(22(28)29)24(17-11-4-3-5-12-17)18-13-7-6-9-16(18)10-8-14-25-24/h3-7,9,11-13,15,21,25H,8,10,14H2,1-2H3,(H,28,29). The van der Waals surface area contributed by atoms with Crippen molar-refractivity contribution in [2.45, 2.75) is 24.5 Å². The number of ether oxygens (including phenoxy) is 3. The molecule has 0 radical (unpaired) electrons. The van der Waals surface area contributed by atoms with Crippen LogP contribution in [0.25, 0.3) is 0 Å². The Hall–Kier alpha value is -3.65. The van der Waals surface area contributed by atoms with Gasteiger partial charge in [-0.05, 0) is 36.1 Å². The number of hydrogen-bond donors (Lipinski definition) is 2. The molecule has 1 aromatic heterocycles. The number of rotatable bonds is 7. The number of aryl methyl sites for hydroxylation is 1. The first-order valence-electron chi connectivity index (χ1n) is 10.3. The van der Waals surface area contributed by atoms with Crippen LogP contribution in [0.2, 0.25) is 0 Å². The number of carbonyl (C=O) groups is 1. The highest BCUT2D eigenvalue weighted by molar-refractivity contribution is 5.77.